The van der Waals surface area contributed by atoms with Crippen molar-refractivity contribution in [2.45, 2.75) is 25.3 Å². The molecule has 0 aromatic carbocycles. The van der Waals surface area contributed by atoms with Gasteiger partial charge in [0.05, 0.1) is 18.8 Å². The first-order valence-electron chi connectivity index (χ1n) is 8.13. The maximum absolute atomic E-state index is 12.0. The number of morpholine rings is 1. The number of nitrogens with zero attached hydrogens (tertiary/aromatic N) is 2. The van der Waals surface area contributed by atoms with E-state index in [0.29, 0.717) is 44.6 Å². The summed E-state index contributed by atoms with van der Waals surface area (Å²) < 4.78 is 5.30. The number of carbonyl (C=O) groups excluding carboxylic acids is 1. The minimum absolute atomic E-state index is 0.182. The zero-order chi connectivity index (χ0) is 17.4. The monoisotopic (exact) mass is 336 g/mol. The lowest BCUT2D eigenvalue weighted by molar-refractivity contribution is -0.138. The Hall–Kier alpha value is -2.19. The van der Waals surface area contributed by atoms with E-state index in [1.165, 1.54) is 0 Å². The third-order valence-electron chi connectivity index (χ3n) is 3.89. The van der Waals surface area contributed by atoms with Gasteiger partial charge in [-0.05, 0) is 31.4 Å². The van der Waals surface area contributed by atoms with E-state index in [2.05, 4.69) is 15.2 Å². The topological polar surface area (TPSA) is 118 Å². The minimum atomic E-state index is -0.995. The number of unbranched alkanes of at least 4 members (excludes halogenated alkanes) is 1. The van der Waals surface area contributed by atoms with Crippen molar-refractivity contribution < 1.29 is 19.4 Å². The summed E-state index contributed by atoms with van der Waals surface area (Å²) in [4.78, 5) is 29.1. The van der Waals surface area contributed by atoms with Gasteiger partial charge in [-0.2, -0.15) is 0 Å². The molecule has 1 amide bonds. The molecule has 1 aromatic heterocycles. The van der Waals surface area contributed by atoms with Gasteiger partial charge in [0.25, 0.3) is 5.91 Å². The molecule has 0 aliphatic carbocycles. The molecule has 1 atom stereocenters. The van der Waals surface area contributed by atoms with Crippen LogP contribution in [0.5, 0.6) is 0 Å². The van der Waals surface area contributed by atoms with Gasteiger partial charge >= 0.3 is 5.97 Å². The summed E-state index contributed by atoms with van der Waals surface area (Å²) in [5.74, 6) is -0.332. The van der Waals surface area contributed by atoms with Crippen molar-refractivity contribution in [2.24, 2.45) is 5.73 Å². The number of aliphatic carboxylic acids is 1. The van der Waals surface area contributed by atoms with Crippen molar-refractivity contribution >= 4 is 17.7 Å². The van der Waals surface area contributed by atoms with Gasteiger partial charge in [0.1, 0.15) is 11.9 Å². The van der Waals surface area contributed by atoms with Crippen molar-refractivity contribution in [3.05, 3.63) is 23.9 Å². The standard InChI is InChI=1S/C16H24N4O4/c17-13(16(22)23)3-1-2-6-18-15(21)12-4-5-14(19-11-12)20-7-9-24-10-8-20/h4-5,11,13H,1-3,6-10,17H2,(H,18,21)(H,22,23)/t13-/m1/s1. The van der Waals surface area contributed by atoms with Crippen LogP contribution in [0.4, 0.5) is 5.82 Å². The van der Waals surface area contributed by atoms with E-state index in [1.807, 2.05) is 6.07 Å². The number of nitrogens with one attached hydrogen (secondary N) is 1. The average molecular weight is 336 g/mol. The Bertz CT molecular complexity index is 544. The predicted octanol–water partition coefficient (Wildman–Crippen LogP) is 0.230. The summed E-state index contributed by atoms with van der Waals surface area (Å²) in [5.41, 5.74) is 5.93. The Labute approximate surface area is 141 Å². The summed E-state index contributed by atoms with van der Waals surface area (Å²) in [7, 11) is 0. The van der Waals surface area contributed by atoms with Gasteiger partial charge in [-0.3, -0.25) is 9.59 Å². The number of anilines is 1. The Morgan fingerprint density at radius 1 is 1.33 bits per heavy atom. The molecule has 8 heteroatoms. The molecule has 4 N–H and O–H groups in total. The average Bonchev–Trinajstić information content (AvgIpc) is 2.62. The Morgan fingerprint density at radius 3 is 2.71 bits per heavy atom. The van der Waals surface area contributed by atoms with Crippen LogP contribution in [0, 0.1) is 0 Å². The highest BCUT2D eigenvalue weighted by Gasteiger charge is 2.13. The number of ether oxygens (including phenoxy) is 1. The number of rotatable bonds is 8. The maximum Gasteiger partial charge on any atom is 0.320 e. The van der Waals surface area contributed by atoms with E-state index in [1.54, 1.807) is 12.3 Å². The zero-order valence-corrected chi connectivity index (χ0v) is 13.6. The van der Waals surface area contributed by atoms with E-state index >= 15 is 0 Å². The first kappa shape index (κ1) is 18.2. The molecule has 8 nitrogen and oxygen atoms in total. The summed E-state index contributed by atoms with van der Waals surface area (Å²) in [6, 6.07) is 2.76. The molecule has 1 aliphatic rings. The first-order valence-corrected chi connectivity index (χ1v) is 8.13. The van der Waals surface area contributed by atoms with Crippen molar-refractivity contribution in [2.75, 3.05) is 37.7 Å². The second kappa shape index (κ2) is 9.19. The summed E-state index contributed by atoms with van der Waals surface area (Å²) in [6.45, 7) is 3.47. The number of hydrogen-bond donors (Lipinski definition) is 3. The number of pyridine rings is 1. The van der Waals surface area contributed by atoms with Gasteiger partial charge in [0.15, 0.2) is 0 Å². The summed E-state index contributed by atoms with van der Waals surface area (Å²) >= 11 is 0. The highest BCUT2D eigenvalue weighted by atomic mass is 16.5. The molecule has 1 fully saturated rings. The second-order valence-corrected chi connectivity index (χ2v) is 5.70. The lowest BCUT2D eigenvalue weighted by atomic mass is 10.1. The Kier molecular flexibility index (Phi) is 6.95. The number of aromatic nitrogens is 1. The minimum Gasteiger partial charge on any atom is -0.480 e. The van der Waals surface area contributed by atoms with Crippen LogP contribution >= 0.6 is 0 Å². The molecule has 2 heterocycles. The molecule has 24 heavy (non-hydrogen) atoms. The van der Waals surface area contributed by atoms with Gasteiger partial charge in [0, 0.05) is 25.8 Å². The van der Waals surface area contributed by atoms with Crippen LogP contribution in [0.1, 0.15) is 29.6 Å². The number of carboxylic acids is 1. The highest BCUT2D eigenvalue weighted by molar-refractivity contribution is 5.94. The first-order chi connectivity index (χ1) is 11.6. The Balaban J connectivity index is 1.71. The molecule has 1 saturated heterocycles. The van der Waals surface area contributed by atoms with Crippen LogP contribution in [-0.2, 0) is 9.53 Å². The smallest absolute Gasteiger partial charge is 0.320 e. The van der Waals surface area contributed by atoms with Gasteiger partial charge < -0.3 is 25.8 Å². The van der Waals surface area contributed by atoms with Crippen LogP contribution < -0.4 is 16.0 Å². The second-order valence-electron chi connectivity index (χ2n) is 5.70. The molecule has 0 unspecified atom stereocenters. The molecule has 2 rings (SSSR count). The van der Waals surface area contributed by atoms with E-state index in [9.17, 15) is 9.59 Å². The van der Waals surface area contributed by atoms with Gasteiger partial charge in [-0.15, -0.1) is 0 Å². The fourth-order valence-electron chi connectivity index (χ4n) is 2.42. The van der Waals surface area contributed by atoms with Crippen LogP contribution in [0.25, 0.3) is 0 Å². The number of carboxylic acid groups (broad SMARTS) is 1. The predicted molar refractivity (Wildman–Crippen MR) is 89.1 cm³/mol. The molecular weight excluding hydrogens is 312 g/mol. The zero-order valence-electron chi connectivity index (χ0n) is 13.6. The van der Waals surface area contributed by atoms with E-state index in [0.717, 1.165) is 18.9 Å². The SMILES string of the molecule is N[C@H](CCCCNC(=O)c1ccc(N2CCOCC2)nc1)C(=O)O. The fraction of sp³-hybridized carbons (Fsp3) is 0.562. The molecular formula is C16H24N4O4. The number of hydrogen-bond acceptors (Lipinski definition) is 6. The third-order valence-corrected chi connectivity index (χ3v) is 3.89. The maximum atomic E-state index is 12.0. The van der Waals surface area contributed by atoms with E-state index in [4.69, 9.17) is 15.6 Å². The molecule has 0 bridgehead atoms. The molecule has 0 radical (unpaired) electrons. The largest absolute Gasteiger partial charge is 0.480 e. The molecule has 0 spiro atoms. The summed E-state index contributed by atoms with van der Waals surface area (Å²) in [5, 5.41) is 11.5. The van der Waals surface area contributed by atoms with E-state index in [-0.39, 0.29) is 5.91 Å². The van der Waals surface area contributed by atoms with Crippen LogP contribution in [0.2, 0.25) is 0 Å². The van der Waals surface area contributed by atoms with Crippen molar-refractivity contribution in [3.8, 4) is 0 Å². The molecule has 0 saturated carbocycles. The lowest BCUT2D eigenvalue weighted by Crippen LogP contribution is -2.36. The number of carbonyl (C=O) groups is 2. The Morgan fingerprint density at radius 2 is 2.08 bits per heavy atom. The normalized spacial score (nSPS) is 15.8. The van der Waals surface area contributed by atoms with Crippen LogP contribution in [-0.4, -0.2) is 60.9 Å². The van der Waals surface area contributed by atoms with E-state index < -0.39 is 12.0 Å². The fourth-order valence-corrected chi connectivity index (χ4v) is 2.42. The quantitative estimate of drug-likeness (QED) is 0.582. The van der Waals surface area contributed by atoms with Crippen LogP contribution in [0.15, 0.2) is 18.3 Å². The van der Waals surface area contributed by atoms with Crippen molar-refractivity contribution in [3.63, 3.8) is 0 Å². The van der Waals surface area contributed by atoms with Crippen molar-refractivity contribution in [1.82, 2.24) is 10.3 Å². The van der Waals surface area contributed by atoms with Gasteiger partial charge in [-0.25, -0.2) is 4.98 Å². The molecule has 1 aliphatic heterocycles. The highest BCUT2D eigenvalue weighted by Crippen LogP contribution is 2.13. The van der Waals surface area contributed by atoms with Gasteiger partial charge in [-0.1, -0.05) is 0 Å². The molecule has 1 aromatic rings. The number of amides is 1. The third kappa shape index (κ3) is 5.47. The van der Waals surface area contributed by atoms with Crippen molar-refractivity contribution in [1.29, 1.82) is 0 Å². The molecule has 132 valence electrons. The summed E-state index contributed by atoms with van der Waals surface area (Å²) in [6.07, 6.45) is 3.31. The van der Waals surface area contributed by atoms with Gasteiger partial charge in [0.2, 0.25) is 0 Å². The number of nitrogens with two attached hydrogens (primary N) is 1. The van der Waals surface area contributed by atoms with Crippen LogP contribution in [0.3, 0.4) is 0 Å². The lowest BCUT2D eigenvalue weighted by Gasteiger charge is -2.27.